The summed E-state index contributed by atoms with van der Waals surface area (Å²) in [5.74, 6) is -0.778. The standard InChI is InChI=1S/C26H24FN5O.BrH/c1-15-12-19(21(27)13-22(15)33)25-20(14-28)24(23-16(2)30-31-26(23)29-25)17-6-8-18(9-7-17)32-10-4-3-5-11-32;/h6-9,12-13,33H,3-5,10-11H2,1-2H3,(H,29,30,31);1H. The zero-order valence-electron chi connectivity index (χ0n) is 19.0. The summed E-state index contributed by atoms with van der Waals surface area (Å²) in [5, 5.41) is 28.1. The second-order valence-corrected chi connectivity index (χ2v) is 8.58. The maximum absolute atomic E-state index is 14.9. The maximum atomic E-state index is 14.9. The highest BCUT2D eigenvalue weighted by atomic mass is 79.9. The van der Waals surface area contributed by atoms with Crippen LogP contribution in [0.3, 0.4) is 0 Å². The molecule has 34 heavy (non-hydrogen) atoms. The first-order valence-corrected chi connectivity index (χ1v) is 11.1. The lowest BCUT2D eigenvalue weighted by Gasteiger charge is -2.29. The number of pyridine rings is 1. The molecule has 0 amide bonds. The first kappa shape index (κ1) is 23.7. The van der Waals surface area contributed by atoms with Crippen molar-refractivity contribution in [3.05, 3.63) is 59.0 Å². The number of nitrogens with one attached hydrogen (secondary N) is 1. The minimum Gasteiger partial charge on any atom is -0.508 e. The van der Waals surface area contributed by atoms with Crippen molar-refractivity contribution in [3.63, 3.8) is 0 Å². The summed E-state index contributed by atoms with van der Waals surface area (Å²) < 4.78 is 14.9. The van der Waals surface area contributed by atoms with Gasteiger partial charge in [0, 0.05) is 41.7 Å². The molecule has 2 N–H and O–H groups in total. The third-order valence-corrected chi connectivity index (χ3v) is 6.41. The van der Waals surface area contributed by atoms with E-state index in [0.29, 0.717) is 16.8 Å². The summed E-state index contributed by atoms with van der Waals surface area (Å²) in [6, 6.07) is 13.0. The lowest BCUT2D eigenvalue weighted by Crippen LogP contribution is -2.29. The number of rotatable bonds is 3. The van der Waals surface area contributed by atoms with Crippen LogP contribution in [-0.4, -0.2) is 33.4 Å². The van der Waals surface area contributed by atoms with Crippen molar-refractivity contribution >= 4 is 33.7 Å². The van der Waals surface area contributed by atoms with Crippen LogP contribution in [0.25, 0.3) is 33.4 Å². The minimum absolute atomic E-state index is 0. The first-order chi connectivity index (χ1) is 16.0. The average molecular weight is 522 g/mol. The summed E-state index contributed by atoms with van der Waals surface area (Å²) in [6.07, 6.45) is 3.66. The number of hydrogen-bond acceptors (Lipinski definition) is 5. The Labute approximate surface area is 207 Å². The predicted molar refractivity (Wildman–Crippen MR) is 137 cm³/mol. The number of anilines is 1. The molecule has 0 saturated carbocycles. The fraction of sp³-hybridized carbons (Fsp3) is 0.269. The molecule has 6 nitrogen and oxygen atoms in total. The summed E-state index contributed by atoms with van der Waals surface area (Å²) >= 11 is 0. The Bertz CT molecular complexity index is 1400. The molecule has 0 aliphatic carbocycles. The van der Waals surface area contributed by atoms with E-state index in [1.54, 1.807) is 6.92 Å². The fourth-order valence-corrected chi connectivity index (χ4v) is 4.64. The van der Waals surface area contributed by atoms with E-state index in [4.69, 9.17) is 0 Å². The molecule has 174 valence electrons. The van der Waals surface area contributed by atoms with E-state index in [1.165, 1.54) is 25.3 Å². The first-order valence-electron chi connectivity index (χ1n) is 11.1. The number of H-pyrrole nitrogens is 1. The molecule has 0 unspecified atom stereocenters. The van der Waals surface area contributed by atoms with E-state index in [0.717, 1.165) is 41.5 Å². The number of aromatic hydroxyl groups is 1. The number of phenols is 1. The number of piperidine rings is 1. The quantitative estimate of drug-likeness (QED) is 0.335. The predicted octanol–water partition coefficient (Wildman–Crippen LogP) is 6.19. The second-order valence-electron chi connectivity index (χ2n) is 8.58. The molecule has 1 fully saturated rings. The minimum atomic E-state index is -0.639. The monoisotopic (exact) mass is 521 g/mol. The molecular formula is C26H25BrFN5O. The van der Waals surface area contributed by atoms with Gasteiger partial charge in [-0.25, -0.2) is 9.37 Å². The molecule has 0 radical (unpaired) electrons. The van der Waals surface area contributed by atoms with Crippen LogP contribution in [0.15, 0.2) is 36.4 Å². The molecule has 3 heterocycles. The highest BCUT2D eigenvalue weighted by molar-refractivity contribution is 8.93. The van der Waals surface area contributed by atoms with Crippen LogP contribution in [0.1, 0.15) is 36.1 Å². The Kier molecular flexibility index (Phi) is 6.58. The van der Waals surface area contributed by atoms with Gasteiger partial charge in [0.25, 0.3) is 0 Å². The van der Waals surface area contributed by atoms with Gasteiger partial charge in [0.1, 0.15) is 17.6 Å². The molecular weight excluding hydrogens is 497 g/mol. The van der Waals surface area contributed by atoms with Gasteiger partial charge in [-0.15, -0.1) is 17.0 Å². The topological polar surface area (TPSA) is 88.8 Å². The van der Waals surface area contributed by atoms with Crippen LogP contribution in [0, 0.1) is 31.0 Å². The third-order valence-electron chi connectivity index (χ3n) is 6.41. The molecule has 2 aromatic heterocycles. The van der Waals surface area contributed by atoms with Gasteiger partial charge in [-0.1, -0.05) is 12.1 Å². The third kappa shape index (κ3) is 4.01. The lowest BCUT2D eigenvalue weighted by molar-refractivity contribution is 0.465. The number of benzene rings is 2. The van der Waals surface area contributed by atoms with Crippen LogP contribution in [-0.2, 0) is 0 Å². The lowest BCUT2D eigenvalue weighted by atomic mass is 9.92. The van der Waals surface area contributed by atoms with Crippen LogP contribution in [0.4, 0.5) is 10.1 Å². The van der Waals surface area contributed by atoms with Gasteiger partial charge in [0.15, 0.2) is 5.65 Å². The Morgan fingerprint density at radius 2 is 1.79 bits per heavy atom. The number of fused-ring (bicyclic) bond motifs is 1. The Balaban J connectivity index is 0.00000274. The van der Waals surface area contributed by atoms with E-state index in [9.17, 15) is 14.8 Å². The number of hydrogen-bond donors (Lipinski definition) is 2. The number of nitriles is 1. The van der Waals surface area contributed by atoms with Crippen molar-refractivity contribution in [1.82, 2.24) is 15.2 Å². The second kappa shape index (κ2) is 9.43. The van der Waals surface area contributed by atoms with Gasteiger partial charge < -0.3 is 10.0 Å². The SMILES string of the molecule is Br.Cc1cc(-c2nc3n[nH]c(C)c3c(-c3ccc(N4CCCCC4)cc3)c2C#N)c(F)cc1O. The number of aromatic nitrogens is 3. The Morgan fingerprint density at radius 3 is 2.47 bits per heavy atom. The molecule has 8 heteroatoms. The number of nitrogens with zero attached hydrogens (tertiary/aromatic N) is 4. The molecule has 0 spiro atoms. The largest absolute Gasteiger partial charge is 0.508 e. The van der Waals surface area contributed by atoms with E-state index in [1.807, 2.05) is 19.1 Å². The van der Waals surface area contributed by atoms with Crippen molar-refractivity contribution < 1.29 is 9.50 Å². The number of halogens is 2. The highest BCUT2D eigenvalue weighted by Crippen LogP contribution is 2.39. The van der Waals surface area contributed by atoms with Crippen molar-refractivity contribution in [2.75, 3.05) is 18.0 Å². The van der Waals surface area contributed by atoms with Crippen molar-refractivity contribution in [2.24, 2.45) is 0 Å². The number of aryl methyl sites for hydroxylation is 2. The normalized spacial score (nSPS) is 13.5. The average Bonchev–Trinajstić information content (AvgIpc) is 3.21. The van der Waals surface area contributed by atoms with Crippen LogP contribution < -0.4 is 4.90 Å². The fourth-order valence-electron chi connectivity index (χ4n) is 4.64. The summed E-state index contributed by atoms with van der Waals surface area (Å²) in [6.45, 7) is 5.66. The maximum Gasteiger partial charge on any atom is 0.182 e. The zero-order valence-corrected chi connectivity index (χ0v) is 20.7. The molecule has 1 aliphatic rings. The zero-order chi connectivity index (χ0) is 23.1. The van der Waals surface area contributed by atoms with Gasteiger partial charge in [0.05, 0.1) is 16.6 Å². The summed E-state index contributed by atoms with van der Waals surface area (Å²) in [7, 11) is 0. The van der Waals surface area contributed by atoms with Gasteiger partial charge in [-0.05, 0) is 62.4 Å². The summed E-state index contributed by atoms with van der Waals surface area (Å²) in [5.41, 5.74) is 5.05. The van der Waals surface area contributed by atoms with Crippen LogP contribution in [0.2, 0.25) is 0 Å². The van der Waals surface area contributed by atoms with Gasteiger partial charge >= 0.3 is 0 Å². The van der Waals surface area contributed by atoms with Gasteiger partial charge in [-0.2, -0.15) is 10.4 Å². The van der Waals surface area contributed by atoms with Crippen molar-refractivity contribution in [1.29, 1.82) is 5.26 Å². The van der Waals surface area contributed by atoms with Crippen molar-refractivity contribution in [2.45, 2.75) is 33.1 Å². The summed E-state index contributed by atoms with van der Waals surface area (Å²) in [4.78, 5) is 6.93. The molecule has 2 aromatic carbocycles. The van der Waals surface area contributed by atoms with Crippen molar-refractivity contribution in [3.8, 4) is 34.2 Å². The number of phenolic OH excluding ortho intramolecular Hbond substituents is 1. The van der Waals surface area contributed by atoms with Crippen LogP contribution in [0.5, 0.6) is 5.75 Å². The molecule has 0 atom stereocenters. The van der Waals surface area contributed by atoms with E-state index in [2.05, 4.69) is 38.3 Å². The Morgan fingerprint density at radius 1 is 1.09 bits per heavy atom. The molecule has 4 aromatic rings. The van der Waals surface area contributed by atoms with Gasteiger partial charge in [0.2, 0.25) is 0 Å². The molecule has 1 saturated heterocycles. The smallest absolute Gasteiger partial charge is 0.182 e. The molecule has 0 bridgehead atoms. The number of aromatic amines is 1. The Hall–Kier alpha value is -3.44. The molecule has 1 aliphatic heterocycles. The molecule has 5 rings (SSSR count). The van der Waals surface area contributed by atoms with E-state index in [-0.39, 0.29) is 39.6 Å². The van der Waals surface area contributed by atoms with Gasteiger partial charge in [-0.3, -0.25) is 5.10 Å². The van der Waals surface area contributed by atoms with Crippen LogP contribution >= 0.6 is 17.0 Å². The van der Waals surface area contributed by atoms with E-state index < -0.39 is 5.82 Å². The highest BCUT2D eigenvalue weighted by Gasteiger charge is 2.23. The van der Waals surface area contributed by atoms with E-state index >= 15 is 0 Å².